The Bertz CT molecular complexity index is 409. The summed E-state index contributed by atoms with van der Waals surface area (Å²) in [5.41, 5.74) is 7.35. The van der Waals surface area contributed by atoms with Gasteiger partial charge in [-0.2, -0.15) is 0 Å². The molecule has 0 aliphatic carbocycles. The standard InChI is InChI=1S/C12H16ClNO2S/c1-7(2)11(12(15)16)17-6-8-3-4-9(13)5-10(8)14/h3-5,7,11H,6,14H2,1-2H3,(H,15,16). The maximum Gasteiger partial charge on any atom is 0.316 e. The molecule has 94 valence electrons. The van der Waals surface area contributed by atoms with Gasteiger partial charge >= 0.3 is 5.97 Å². The predicted molar refractivity (Wildman–Crippen MR) is 73.4 cm³/mol. The number of halogens is 1. The molecule has 1 aromatic rings. The molecule has 0 bridgehead atoms. The van der Waals surface area contributed by atoms with Crippen molar-refractivity contribution in [1.29, 1.82) is 0 Å². The number of thioether (sulfide) groups is 1. The van der Waals surface area contributed by atoms with Crippen LogP contribution in [-0.2, 0) is 10.5 Å². The number of nitrogen functional groups attached to an aromatic ring is 1. The molecule has 1 unspecified atom stereocenters. The molecule has 0 saturated carbocycles. The van der Waals surface area contributed by atoms with Crippen LogP contribution in [0.4, 0.5) is 5.69 Å². The molecule has 17 heavy (non-hydrogen) atoms. The maximum absolute atomic E-state index is 11.0. The Kier molecular flexibility index (Phi) is 5.15. The van der Waals surface area contributed by atoms with Gasteiger partial charge < -0.3 is 10.8 Å². The molecule has 0 radical (unpaired) electrons. The second kappa shape index (κ2) is 6.17. The van der Waals surface area contributed by atoms with E-state index in [1.165, 1.54) is 11.8 Å². The SMILES string of the molecule is CC(C)C(SCc1ccc(Cl)cc1N)C(=O)O. The first-order valence-electron chi connectivity index (χ1n) is 5.30. The average Bonchev–Trinajstić information content (AvgIpc) is 2.20. The third kappa shape index (κ3) is 4.13. The van der Waals surface area contributed by atoms with Gasteiger partial charge in [-0.05, 0) is 23.6 Å². The Hall–Kier alpha value is -0.870. The Morgan fingerprint density at radius 2 is 2.18 bits per heavy atom. The lowest BCUT2D eigenvalue weighted by Crippen LogP contribution is -2.22. The zero-order valence-electron chi connectivity index (χ0n) is 9.81. The van der Waals surface area contributed by atoms with Gasteiger partial charge in [0.1, 0.15) is 5.25 Å². The van der Waals surface area contributed by atoms with Gasteiger partial charge in [-0.3, -0.25) is 4.79 Å². The van der Waals surface area contributed by atoms with Crippen LogP contribution < -0.4 is 5.73 Å². The van der Waals surface area contributed by atoms with Crippen molar-refractivity contribution in [2.24, 2.45) is 5.92 Å². The van der Waals surface area contributed by atoms with Crippen molar-refractivity contribution in [2.45, 2.75) is 24.9 Å². The van der Waals surface area contributed by atoms with Gasteiger partial charge in [0.15, 0.2) is 0 Å². The highest BCUT2D eigenvalue weighted by atomic mass is 35.5. The Morgan fingerprint density at radius 3 is 2.65 bits per heavy atom. The largest absolute Gasteiger partial charge is 0.480 e. The summed E-state index contributed by atoms with van der Waals surface area (Å²) in [5, 5.41) is 9.24. The minimum atomic E-state index is -0.780. The fourth-order valence-electron chi connectivity index (χ4n) is 1.43. The lowest BCUT2D eigenvalue weighted by molar-refractivity contribution is -0.137. The number of rotatable bonds is 5. The van der Waals surface area contributed by atoms with Crippen LogP contribution in [0.2, 0.25) is 5.02 Å². The molecule has 3 nitrogen and oxygen atoms in total. The fourth-order valence-corrected chi connectivity index (χ4v) is 2.76. The smallest absolute Gasteiger partial charge is 0.316 e. The summed E-state index contributed by atoms with van der Waals surface area (Å²) in [6.07, 6.45) is 0. The quantitative estimate of drug-likeness (QED) is 0.808. The van der Waals surface area contributed by atoms with E-state index in [0.29, 0.717) is 16.5 Å². The monoisotopic (exact) mass is 273 g/mol. The summed E-state index contributed by atoms with van der Waals surface area (Å²) in [7, 11) is 0. The van der Waals surface area contributed by atoms with E-state index in [0.717, 1.165) is 5.56 Å². The van der Waals surface area contributed by atoms with Crippen molar-refractivity contribution in [3.8, 4) is 0 Å². The van der Waals surface area contributed by atoms with Crippen LogP contribution in [0, 0.1) is 5.92 Å². The minimum Gasteiger partial charge on any atom is -0.480 e. The van der Waals surface area contributed by atoms with Crippen LogP contribution in [0.3, 0.4) is 0 Å². The Balaban J connectivity index is 2.69. The van der Waals surface area contributed by atoms with Gasteiger partial charge in [0.05, 0.1) is 0 Å². The number of hydrogen-bond donors (Lipinski definition) is 2. The summed E-state index contributed by atoms with van der Waals surface area (Å²) in [5.74, 6) is -0.110. The van der Waals surface area contributed by atoms with Crippen LogP contribution in [-0.4, -0.2) is 16.3 Å². The number of benzene rings is 1. The molecule has 0 saturated heterocycles. The van der Waals surface area contributed by atoms with E-state index in [-0.39, 0.29) is 5.92 Å². The molecular weight excluding hydrogens is 258 g/mol. The average molecular weight is 274 g/mol. The first kappa shape index (κ1) is 14.2. The molecule has 1 rings (SSSR count). The second-order valence-electron chi connectivity index (χ2n) is 4.16. The molecule has 0 fully saturated rings. The number of anilines is 1. The number of hydrogen-bond acceptors (Lipinski definition) is 3. The highest BCUT2D eigenvalue weighted by Crippen LogP contribution is 2.27. The van der Waals surface area contributed by atoms with E-state index >= 15 is 0 Å². The molecule has 1 atom stereocenters. The van der Waals surface area contributed by atoms with Gasteiger partial charge in [0, 0.05) is 16.5 Å². The lowest BCUT2D eigenvalue weighted by Gasteiger charge is -2.16. The van der Waals surface area contributed by atoms with E-state index in [4.69, 9.17) is 22.4 Å². The van der Waals surface area contributed by atoms with Crippen LogP contribution >= 0.6 is 23.4 Å². The highest BCUT2D eigenvalue weighted by molar-refractivity contribution is 7.99. The van der Waals surface area contributed by atoms with Gasteiger partial charge in [0.2, 0.25) is 0 Å². The summed E-state index contributed by atoms with van der Waals surface area (Å²) < 4.78 is 0. The number of carboxylic acid groups (broad SMARTS) is 1. The first-order valence-corrected chi connectivity index (χ1v) is 6.72. The van der Waals surface area contributed by atoms with Gasteiger partial charge in [-0.25, -0.2) is 0 Å². The zero-order valence-corrected chi connectivity index (χ0v) is 11.4. The molecule has 0 aromatic heterocycles. The van der Waals surface area contributed by atoms with E-state index in [1.54, 1.807) is 12.1 Å². The molecule has 0 amide bonds. The maximum atomic E-state index is 11.0. The summed E-state index contributed by atoms with van der Waals surface area (Å²) in [6.45, 7) is 3.80. The Labute approximate surface area is 110 Å². The number of nitrogens with two attached hydrogens (primary N) is 1. The third-order valence-corrected chi connectivity index (χ3v) is 4.19. The van der Waals surface area contributed by atoms with Crippen LogP contribution in [0.25, 0.3) is 0 Å². The zero-order chi connectivity index (χ0) is 13.0. The summed E-state index contributed by atoms with van der Waals surface area (Å²) in [4.78, 5) is 11.0. The predicted octanol–water partition coefficient (Wildman–Crippen LogP) is 3.26. The molecule has 0 aliphatic heterocycles. The number of aliphatic carboxylic acids is 1. The molecule has 0 aliphatic rings. The fraction of sp³-hybridized carbons (Fsp3) is 0.417. The van der Waals surface area contributed by atoms with Crippen molar-refractivity contribution in [3.63, 3.8) is 0 Å². The van der Waals surface area contributed by atoms with Crippen molar-refractivity contribution in [1.82, 2.24) is 0 Å². The first-order chi connectivity index (χ1) is 7.91. The van der Waals surface area contributed by atoms with E-state index < -0.39 is 11.2 Å². The van der Waals surface area contributed by atoms with Crippen molar-refractivity contribution >= 4 is 35.0 Å². The van der Waals surface area contributed by atoms with Gasteiger partial charge in [-0.1, -0.05) is 31.5 Å². The van der Waals surface area contributed by atoms with Crippen molar-refractivity contribution in [3.05, 3.63) is 28.8 Å². The normalized spacial score (nSPS) is 12.7. The summed E-state index contributed by atoms with van der Waals surface area (Å²) >= 11 is 7.19. The molecule has 3 N–H and O–H groups in total. The Morgan fingerprint density at radius 1 is 1.53 bits per heavy atom. The molecular formula is C12H16ClNO2S. The lowest BCUT2D eigenvalue weighted by atomic mass is 10.1. The van der Waals surface area contributed by atoms with Crippen LogP contribution in [0.1, 0.15) is 19.4 Å². The van der Waals surface area contributed by atoms with E-state index in [1.807, 2.05) is 19.9 Å². The molecule has 0 spiro atoms. The van der Waals surface area contributed by atoms with Crippen LogP contribution in [0.5, 0.6) is 0 Å². The second-order valence-corrected chi connectivity index (χ2v) is 5.72. The molecule has 5 heteroatoms. The number of carboxylic acids is 1. The van der Waals surface area contributed by atoms with Crippen molar-refractivity contribution in [2.75, 3.05) is 5.73 Å². The number of carbonyl (C=O) groups is 1. The van der Waals surface area contributed by atoms with Gasteiger partial charge in [0.25, 0.3) is 0 Å². The molecule has 0 heterocycles. The highest BCUT2D eigenvalue weighted by Gasteiger charge is 2.21. The van der Waals surface area contributed by atoms with Crippen molar-refractivity contribution < 1.29 is 9.90 Å². The summed E-state index contributed by atoms with van der Waals surface area (Å²) in [6, 6.07) is 5.28. The van der Waals surface area contributed by atoms with E-state index in [9.17, 15) is 4.79 Å². The van der Waals surface area contributed by atoms with Crippen LogP contribution in [0.15, 0.2) is 18.2 Å². The molecule has 1 aromatic carbocycles. The van der Waals surface area contributed by atoms with E-state index in [2.05, 4.69) is 0 Å². The topological polar surface area (TPSA) is 63.3 Å². The van der Waals surface area contributed by atoms with Gasteiger partial charge in [-0.15, -0.1) is 11.8 Å². The third-order valence-electron chi connectivity index (χ3n) is 2.38. The minimum absolute atomic E-state index is 0.0889.